The van der Waals surface area contributed by atoms with Crippen LogP contribution in [0.2, 0.25) is 0 Å². The van der Waals surface area contributed by atoms with Gasteiger partial charge in [-0.3, -0.25) is 19.5 Å². The smallest absolute Gasteiger partial charge is 0.335 e. The van der Waals surface area contributed by atoms with Crippen molar-refractivity contribution in [2.75, 3.05) is 0 Å². The molecule has 0 saturated heterocycles. The second-order valence-electron chi connectivity index (χ2n) is 4.62. The third-order valence-corrected chi connectivity index (χ3v) is 3.31. The molecule has 0 radical (unpaired) electrons. The van der Waals surface area contributed by atoms with Crippen LogP contribution in [0, 0.1) is 0 Å². The predicted octanol–water partition coefficient (Wildman–Crippen LogP) is 1.58. The Morgan fingerprint density at radius 1 is 1.05 bits per heavy atom. The third kappa shape index (κ3) is 2.16. The highest BCUT2D eigenvalue weighted by atomic mass is 16.4. The maximum absolute atomic E-state index is 12.2. The molecule has 6 nitrogen and oxygen atoms in total. The van der Waals surface area contributed by atoms with Gasteiger partial charge in [-0.05, 0) is 23.8 Å². The molecule has 1 N–H and O–H groups in total. The molecule has 0 unspecified atom stereocenters. The van der Waals surface area contributed by atoms with Gasteiger partial charge in [0.1, 0.15) is 0 Å². The van der Waals surface area contributed by atoms with Gasteiger partial charge in [0.15, 0.2) is 0 Å². The summed E-state index contributed by atoms with van der Waals surface area (Å²) in [5, 5.41) is 8.84. The summed E-state index contributed by atoms with van der Waals surface area (Å²) in [5.41, 5.74) is 1.48. The zero-order valence-corrected chi connectivity index (χ0v) is 10.8. The first-order valence-corrected chi connectivity index (χ1v) is 6.20. The molecule has 21 heavy (non-hydrogen) atoms. The van der Waals surface area contributed by atoms with Crippen LogP contribution in [0.1, 0.15) is 36.6 Å². The van der Waals surface area contributed by atoms with Crippen LogP contribution in [0.25, 0.3) is 0 Å². The van der Waals surface area contributed by atoms with Gasteiger partial charge in [-0.15, -0.1) is 0 Å². The summed E-state index contributed by atoms with van der Waals surface area (Å²) < 4.78 is 0. The number of nitrogens with zero attached hydrogens (tertiary/aromatic N) is 2. The number of rotatable bonds is 3. The Morgan fingerprint density at radius 2 is 1.71 bits per heavy atom. The summed E-state index contributed by atoms with van der Waals surface area (Å²) >= 11 is 0. The summed E-state index contributed by atoms with van der Waals surface area (Å²) in [7, 11) is 0. The van der Waals surface area contributed by atoms with Crippen molar-refractivity contribution in [3.05, 3.63) is 65.0 Å². The van der Waals surface area contributed by atoms with Gasteiger partial charge >= 0.3 is 5.97 Å². The highest BCUT2D eigenvalue weighted by Gasteiger charge is 2.35. The number of imide groups is 1. The Balaban J connectivity index is 1.85. The lowest BCUT2D eigenvalue weighted by Crippen LogP contribution is -2.29. The number of benzene rings is 1. The average molecular weight is 282 g/mol. The van der Waals surface area contributed by atoms with E-state index in [1.807, 2.05) is 0 Å². The van der Waals surface area contributed by atoms with Crippen LogP contribution in [0.3, 0.4) is 0 Å². The summed E-state index contributed by atoms with van der Waals surface area (Å²) in [6.45, 7) is 0.103. The molecule has 1 aromatic heterocycles. The molecular weight excluding hydrogens is 272 g/mol. The van der Waals surface area contributed by atoms with Crippen molar-refractivity contribution in [3.63, 3.8) is 0 Å². The summed E-state index contributed by atoms with van der Waals surface area (Å²) in [5.74, 6) is -1.77. The molecule has 6 heteroatoms. The van der Waals surface area contributed by atoms with E-state index >= 15 is 0 Å². The van der Waals surface area contributed by atoms with E-state index in [1.54, 1.807) is 12.1 Å². The second kappa shape index (κ2) is 4.82. The molecule has 0 bridgehead atoms. The molecule has 2 aromatic rings. The lowest BCUT2D eigenvalue weighted by molar-refractivity contribution is 0.0638. The van der Waals surface area contributed by atoms with E-state index in [4.69, 9.17) is 5.11 Å². The molecule has 0 saturated carbocycles. The first-order valence-electron chi connectivity index (χ1n) is 6.20. The molecule has 0 atom stereocenters. The normalized spacial score (nSPS) is 13.4. The quantitative estimate of drug-likeness (QED) is 0.863. The number of hydrogen-bond acceptors (Lipinski definition) is 4. The minimum atomic E-state index is -1.02. The average Bonchev–Trinajstić information content (AvgIpc) is 2.73. The fourth-order valence-electron chi connectivity index (χ4n) is 2.21. The van der Waals surface area contributed by atoms with Crippen molar-refractivity contribution in [3.8, 4) is 0 Å². The van der Waals surface area contributed by atoms with Crippen molar-refractivity contribution in [2.24, 2.45) is 0 Å². The van der Waals surface area contributed by atoms with E-state index in [0.717, 1.165) is 4.90 Å². The van der Waals surface area contributed by atoms with Gasteiger partial charge in [0.25, 0.3) is 11.8 Å². The van der Waals surface area contributed by atoms with Gasteiger partial charge in [-0.2, -0.15) is 0 Å². The van der Waals surface area contributed by atoms with Crippen molar-refractivity contribution < 1.29 is 19.5 Å². The second-order valence-corrected chi connectivity index (χ2v) is 4.62. The topological polar surface area (TPSA) is 87.6 Å². The third-order valence-electron chi connectivity index (χ3n) is 3.31. The lowest BCUT2D eigenvalue weighted by Gasteiger charge is -2.13. The monoisotopic (exact) mass is 282 g/mol. The van der Waals surface area contributed by atoms with Gasteiger partial charge in [0.2, 0.25) is 0 Å². The SMILES string of the molecule is O=C(O)c1ccc(CN2C(=O)c3ccncc3C2=O)cc1. The number of aromatic carboxylic acids is 1. The lowest BCUT2D eigenvalue weighted by atomic mass is 10.1. The fraction of sp³-hybridized carbons (Fsp3) is 0.0667. The van der Waals surface area contributed by atoms with E-state index < -0.39 is 5.97 Å². The maximum Gasteiger partial charge on any atom is 0.335 e. The molecule has 0 spiro atoms. The van der Waals surface area contributed by atoms with Crippen LogP contribution in [0.15, 0.2) is 42.7 Å². The van der Waals surface area contributed by atoms with Crippen molar-refractivity contribution in [1.29, 1.82) is 0 Å². The van der Waals surface area contributed by atoms with Gasteiger partial charge in [0.05, 0.1) is 23.2 Å². The standard InChI is InChI=1S/C15H10N2O4/c18-13-11-5-6-16-7-12(11)14(19)17(13)8-9-1-3-10(4-2-9)15(20)21/h1-7H,8H2,(H,20,21). The van der Waals surface area contributed by atoms with Crippen LogP contribution < -0.4 is 0 Å². The van der Waals surface area contributed by atoms with Crippen LogP contribution in [-0.4, -0.2) is 32.8 Å². The first-order chi connectivity index (χ1) is 10.1. The zero-order chi connectivity index (χ0) is 15.0. The summed E-state index contributed by atoms with van der Waals surface area (Å²) in [6.07, 6.45) is 2.85. The van der Waals surface area contributed by atoms with E-state index in [2.05, 4.69) is 4.98 Å². The highest BCUT2D eigenvalue weighted by molar-refractivity contribution is 6.21. The fourth-order valence-corrected chi connectivity index (χ4v) is 2.21. The van der Waals surface area contributed by atoms with Gasteiger partial charge in [0, 0.05) is 12.4 Å². The molecule has 1 aliphatic rings. The number of carbonyl (C=O) groups excluding carboxylic acids is 2. The zero-order valence-electron chi connectivity index (χ0n) is 10.8. The van der Waals surface area contributed by atoms with Gasteiger partial charge in [-0.25, -0.2) is 4.79 Å². The number of hydrogen-bond donors (Lipinski definition) is 1. The van der Waals surface area contributed by atoms with Gasteiger partial charge < -0.3 is 5.11 Å². The Bertz CT molecular complexity index is 718. The minimum absolute atomic E-state index is 0.103. The van der Waals surface area contributed by atoms with E-state index in [9.17, 15) is 14.4 Å². The van der Waals surface area contributed by atoms with Crippen molar-refractivity contribution >= 4 is 17.8 Å². The number of aromatic nitrogens is 1. The molecule has 104 valence electrons. The van der Waals surface area contributed by atoms with E-state index in [0.29, 0.717) is 16.7 Å². The maximum atomic E-state index is 12.2. The molecule has 3 rings (SSSR count). The molecule has 0 aliphatic carbocycles. The number of amides is 2. The number of carbonyl (C=O) groups is 3. The predicted molar refractivity (Wildman–Crippen MR) is 71.8 cm³/mol. The Morgan fingerprint density at radius 3 is 2.33 bits per heavy atom. The van der Waals surface area contributed by atoms with E-state index in [1.165, 1.54) is 30.6 Å². The van der Waals surface area contributed by atoms with E-state index in [-0.39, 0.29) is 23.9 Å². The van der Waals surface area contributed by atoms with Crippen molar-refractivity contribution in [2.45, 2.75) is 6.54 Å². The molecule has 2 amide bonds. The number of pyridine rings is 1. The largest absolute Gasteiger partial charge is 0.478 e. The molecule has 2 heterocycles. The molecule has 1 aromatic carbocycles. The van der Waals surface area contributed by atoms with Gasteiger partial charge in [-0.1, -0.05) is 12.1 Å². The Hall–Kier alpha value is -3.02. The Kier molecular flexibility index (Phi) is 2.98. The number of fused-ring (bicyclic) bond motifs is 1. The Labute approximate surface area is 119 Å². The molecular formula is C15H10N2O4. The van der Waals surface area contributed by atoms with Crippen LogP contribution in [0.5, 0.6) is 0 Å². The minimum Gasteiger partial charge on any atom is -0.478 e. The van der Waals surface area contributed by atoms with Crippen LogP contribution in [-0.2, 0) is 6.54 Å². The highest BCUT2D eigenvalue weighted by Crippen LogP contribution is 2.23. The first kappa shape index (κ1) is 13.0. The van der Waals surface area contributed by atoms with Crippen molar-refractivity contribution in [1.82, 2.24) is 9.88 Å². The van der Waals surface area contributed by atoms with Crippen LogP contribution >= 0.6 is 0 Å². The van der Waals surface area contributed by atoms with Crippen LogP contribution in [0.4, 0.5) is 0 Å². The summed E-state index contributed by atoms with van der Waals surface area (Å²) in [4.78, 5) is 40.1. The number of carboxylic acids is 1. The summed E-state index contributed by atoms with van der Waals surface area (Å²) in [6, 6.07) is 7.58. The molecule has 0 fully saturated rings. The molecule has 1 aliphatic heterocycles. The number of carboxylic acid groups (broad SMARTS) is 1.